The van der Waals surface area contributed by atoms with Gasteiger partial charge >= 0.3 is 6.09 Å². The Kier molecular flexibility index (Phi) is 14.1. The van der Waals surface area contributed by atoms with Crippen LogP contribution in [0.5, 0.6) is 0 Å². The number of carbonyl (C=O) groups excluding carboxylic acids is 1. The van der Waals surface area contributed by atoms with Crippen molar-refractivity contribution in [1.82, 2.24) is 16.0 Å². The predicted molar refractivity (Wildman–Crippen MR) is 126 cm³/mol. The number of amides is 1. The van der Waals surface area contributed by atoms with Gasteiger partial charge in [-0.15, -0.1) is 24.0 Å². The predicted octanol–water partition coefficient (Wildman–Crippen LogP) is 2.68. The maximum Gasteiger partial charge on any atom is 0.408 e. The molecule has 0 heterocycles. The molecular weight excluding hydrogens is 495 g/mol. The normalized spacial score (nSPS) is 12.8. The Labute approximate surface area is 188 Å². The third-order valence-corrected chi connectivity index (χ3v) is 5.85. The molecule has 0 saturated carbocycles. The number of guanidine groups is 1. The van der Waals surface area contributed by atoms with E-state index in [0.717, 1.165) is 0 Å². The van der Waals surface area contributed by atoms with Gasteiger partial charge in [-0.3, -0.25) is 4.99 Å². The molecule has 0 rings (SSSR count). The highest BCUT2D eigenvalue weighted by atomic mass is 127. The van der Waals surface area contributed by atoms with Gasteiger partial charge in [0.2, 0.25) is 0 Å². The summed E-state index contributed by atoms with van der Waals surface area (Å²) in [6.45, 7) is 14.3. The van der Waals surface area contributed by atoms with Crippen LogP contribution < -0.4 is 16.0 Å². The Morgan fingerprint density at radius 2 is 1.61 bits per heavy atom. The average Bonchev–Trinajstić information content (AvgIpc) is 2.56. The third kappa shape index (κ3) is 12.6. The molecule has 0 aliphatic carbocycles. The number of hydrogen-bond acceptors (Lipinski definition) is 5. The Morgan fingerprint density at radius 1 is 1.04 bits per heavy atom. The maximum atomic E-state index is 12.2. The summed E-state index contributed by atoms with van der Waals surface area (Å²) in [5.74, 6) is 0.703. The SMILES string of the molecule is CCNC(=NCC(CC)(CC)NC(=O)OC(C)(C)C)NCCS(=O)(=O)CC.I. The van der Waals surface area contributed by atoms with Crippen molar-refractivity contribution in [2.24, 2.45) is 4.99 Å². The largest absolute Gasteiger partial charge is 0.444 e. The first-order valence-corrected chi connectivity index (χ1v) is 11.5. The summed E-state index contributed by atoms with van der Waals surface area (Å²) in [7, 11) is -3.03. The van der Waals surface area contributed by atoms with Crippen LogP contribution in [0.2, 0.25) is 0 Å². The zero-order valence-electron chi connectivity index (χ0n) is 18.3. The zero-order chi connectivity index (χ0) is 21.1. The van der Waals surface area contributed by atoms with Crippen LogP contribution in [0.1, 0.15) is 61.3 Å². The van der Waals surface area contributed by atoms with Crippen molar-refractivity contribution in [1.29, 1.82) is 0 Å². The van der Waals surface area contributed by atoms with E-state index in [1.54, 1.807) is 6.92 Å². The summed E-state index contributed by atoms with van der Waals surface area (Å²) >= 11 is 0. The molecule has 8 nitrogen and oxygen atoms in total. The van der Waals surface area contributed by atoms with E-state index in [0.29, 0.717) is 31.9 Å². The van der Waals surface area contributed by atoms with Gasteiger partial charge in [-0.2, -0.15) is 0 Å². The van der Waals surface area contributed by atoms with Crippen LogP contribution in [0.3, 0.4) is 0 Å². The molecule has 0 spiro atoms. The van der Waals surface area contributed by atoms with Crippen LogP contribution in [-0.2, 0) is 14.6 Å². The molecule has 0 aliphatic rings. The summed E-state index contributed by atoms with van der Waals surface area (Å²) in [6, 6.07) is 0. The van der Waals surface area contributed by atoms with Gasteiger partial charge in [-0.1, -0.05) is 20.8 Å². The standard InChI is InChI=1S/C18H38N4O4S.HI/c1-8-18(9-2,22-16(23)26-17(5,6)7)14-21-15(19-10-3)20-12-13-27(24,25)11-4;/h8-14H2,1-7H3,(H,22,23)(H2,19,20,21);1H. The smallest absolute Gasteiger partial charge is 0.408 e. The second kappa shape index (κ2) is 13.4. The second-order valence-electron chi connectivity index (χ2n) is 7.47. The van der Waals surface area contributed by atoms with Gasteiger partial charge in [0, 0.05) is 18.8 Å². The van der Waals surface area contributed by atoms with Crippen LogP contribution >= 0.6 is 24.0 Å². The summed E-state index contributed by atoms with van der Waals surface area (Å²) in [4.78, 5) is 16.8. The second-order valence-corrected chi connectivity index (χ2v) is 9.95. The molecule has 0 fully saturated rings. The van der Waals surface area contributed by atoms with Gasteiger partial charge in [0.15, 0.2) is 15.8 Å². The van der Waals surface area contributed by atoms with E-state index in [4.69, 9.17) is 4.74 Å². The molecule has 3 N–H and O–H groups in total. The Bertz CT molecular complexity index is 585. The first kappa shape index (κ1) is 29.4. The summed E-state index contributed by atoms with van der Waals surface area (Å²) < 4.78 is 28.6. The van der Waals surface area contributed by atoms with Crippen LogP contribution in [0.25, 0.3) is 0 Å². The Morgan fingerprint density at radius 3 is 2.04 bits per heavy atom. The lowest BCUT2D eigenvalue weighted by Gasteiger charge is -2.32. The van der Waals surface area contributed by atoms with Crippen molar-refractivity contribution >= 4 is 45.9 Å². The quantitative estimate of drug-likeness (QED) is 0.226. The number of hydrogen-bond donors (Lipinski definition) is 3. The van der Waals surface area contributed by atoms with Crippen molar-refractivity contribution in [3.05, 3.63) is 0 Å². The highest BCUT2D eigenvalue weighted by Crippen LogP contribution is 2.17. The minimum Gasteiger partial charge on any atom is -0.444 e. The van der Waals surface area contributed by atoms with Crippen molar-refractivity contribution in [2.75, 3.05) is 31.1 Å². The van der Waals surface area contributed by atoms with E-state index in [1.165, 1.54) is 0 Å². The Hall–Kier alpha value is -0.780. The first-order valence-electron chi connectivity index (χ1n) is 9.66. The van der Waals surface area contributed by atoms with Gasteiger partial charge in [-0.25, -0.2) is 13.2 Å². The van der Waals surface area contributed by atoms with Crippen molar-refractivity contribution in [3.63, 3.8) is 0 Å². The minimum absolute atomic E-state index is 0. The molecule has 168 valence electrons. The van der Waals surface area contributed by atoms with E-state index < -0.39 is 27.1 Å². The van der Waals surface area contributed by atoms with Crippen LogP contribution in [0.4, 0.5) is 4.79 Å². The van der Waals surface area contributed by atoms with E-state index in [1.807, 2.05) is 41.5 Å². The third-order valence-electron chi connectivity index (χ3n) is 4.15. The van der Waals surface area contributed by atoms with Gasteiger partial charge in [-0.05, 0) is 40.5 Å². The van der Waals surface area contributed by atoms with Crippen molar-refractivity contribution in [3.8, 4) is 0 Å². The molecule has 0 saturated heterocycles. The van der Waals surface area contributed by atoms with E-state index >= 15 is 0 Å². The highest BCUT2D eigenvalue weighted by Gasteiger charge is 2.30. The highest BCUT2D eigenvalue weighted by molar-refractivity contribution is 14.0. The number of nitrogens with one attached hydrogen (secondary N) is 3. The fourth-order valence-corrected chi connectivity index (χ4v) is 2.95. The number of nitrogens with zero attached hydrogens (tertiary/aromatic N) is 1. The number of ether oxygens (including phenoxy) is 1. The molecule has 0 unspecified atom stereocenters. The average molecular weight is 535 g/mol. The van der Waals surface area contributed by atoms with Crippen LogP contribution in [0, 0.1) is 0 Å². The van der Waals surface area contributed by atoms with Gasteiger partial charge in [0.05, 0.1) is 17.8 Å². The number of halogens is 1. The van der Waals surface area contributed by atoms with Crippen LogP contribution in [0.15, 0.2) is 4.99 Å². The molecule has 0 radical (unpaired) electrons. The topological polar surface area (TPSA) is 109 Å². The number of sulfone groups is 1. The molecular formula is C18H39IN4O4S. The molecule has 0 aromatic heterocycles. The monoisotopic (exact) mass is 534 g/mol. The first-order chi connectivity index (χ1) is 12.4. The van der Waals surface area contributed by atoms with E-state index in [-0.39, 0.29) is 42.0 Å². The summed E-state index contributed by atoms with van der Waals surface area (Å²) in [5.41, 5.74) is -1.10. The van der Waals surface area contributed by atoms with Gasteiger partial charge < -0.3 is 20.7 Å². The molecule has 0 bridgehead atoms. The number of carbonyl (C=O) groups is 1. The van der Waals surface area contributed by atoms with Crippen LogP contribution in [-0.4, -0.2) is 62.8 Å². The van der Waals surface area contributed by atoms with Crippen molar-refractivity contribution in [2.45, 2.75) is 72.4 Å². The van der Waals surface area contributed by atoms with Gasteiger partial charge in [0.25, 0.3) is 0 Å². The molecule has 0 atom stereocenters. The lowest BCUT2D eigenvalue weighted by Crippen LogP contribution is -2.52. The molecule has 0 aliphatic heterocycles. The van der Waals surface area contributed by atoms with E-state index in [2.05, 4.69) is 20.9 Å². The number of rotatable bonds is 10. The Balaban J connectivity index is 0. The fourth-order valence-electron chi connectivity index (χ4n) is 2.25. The van der Waals surface area contributed by atoms with Gasteiger partial charge in [0.1, 0.15) is 5.60 Å². The minimum atomic E-state index is -3.03. The molecule has 0 aromatic rings. The summed E-state index contributed by atoms with van der Waals surface area (Å²) in [5, 5.41) is 9.09. The van der Waals surface area contributed by atoms with Crippen molar-refractivity contribution < 1.29 is 17.9 Å². The lowest BCUT2D eigenvalue weighted by molar-refractivity contribution is 0.0452. The maximum absolute atomic E-state index is 12.2. The number of aliphatic imine (C=N–C) groups is 1. The molecule has 1 amide bonds. The molecule has 10 heteroatoms. The molecule has 28 heavy (non-hydrogen) atoms. The number of alkyl carbamates (subject to hydrolysis) is 1. The zero-order valence-corrected chi connectivity index (χ0v) is 21.5. The fraction of sp³-hybridized carbons (Fsp3) is 0.889. The molecule has 0 aromatic carbocycles. The van der Waals surface area contributed by atoms with E-state index in [9.17, 15) is 13.2 Å². The lowest BCUT2D eigenvalue weighted by atomic mass is 9.93. The summed E-state index contributed by atoms with van der Waals surface area (Å²) in [6.07, 6.45) is 0.916.